The molecular weight excluding hydrogens is 173 g/mol. The maximum Gasteiger partial charge on any atom is 0.221 e. The summed E-state index contributed by atoms with van der Waals surface area (Å²) in [6.07, 6.45) is 2.68. The minimum Gasteiger partial charge on any atom is -0.331 e. The SMILES string of the molecule is CCP(=O)(OC)C1(C)CCCN1. The van der Waals surface area contributed by atoms with Crippen LogP contribution in [0.25, 0.3) is 0 Å². The molecule has 0 bridgehead atoms. The van der Waals surface area contributed by atoms with Crippen LogP contribution in [-0.4, -0.2) is 25.1 Å². The van der Waals surface area contributed by atoms with Crippen molar-refractivity contribution in [1.29, 1.82) is 0 Å². The standard InChI is InChI=1S/C8H18NO2P/c1-4-12(10,11-3)8(2)6-5-7-9-8/h9H,4-7H2,1-3H3. The largest absolute Gasteiger partial charge is 0.331 e. The average Bonchev–Trinajstić information content (AvgIpc) is 2.52. The maximum absolute atomic E-state index is 12.2. The molecule has 1 heterocycles. The van der Waals surface area contributed by atoms with Crippen molar-refractivity contribution in [2.75, 3.05) is 19.8 Å². The van der Waals surface area contributed by atoms with E-state index in [4.69, 9.17) is 4.52 Å². The molecule has 0 aromatic carbocycles. The first-order valence-corrected chi connectivity index (χ1v) is 6.29. The highest BCUT2D eigenvalue weighted by atomic mass is 31.2. The van der Waals surface area contributed by atoms with E-state index in [9.17, 15) is 4.57 Å². The minimum atomic E-state index is -2.45. The fourth-order valence-corrected chi connectivity index (χ4v) is 4.06. The molecule has 1 fully saturated rings. The van der Waals surface area contributed by atoms with Gasteiger partial charge in [0.2, 0.25) is 7.37 Å². The molecule has 4 heteroatoms. The van der Waals surface area contributed by atoms with Gasteiger partial charge >= 0.3 is 0 Å². The zero-order valence-corrected chi connectivity index (χ0v) is 8.99. The van der Waals surface area contributed by atoms with E-state index >= 15 is 0 Å². The van der Waals surface area contributed by atoms with E-state index in [2.05, 4.69) is 5.32 Å². The van der Waals surface area contributed by atoms with Crippen LogP contribution in [0.3, 0.4) is 0 Å². The van der Waals surface area contributed by atoms with Gasteiger partial charge in [0.05, 0.1) is 5.28 Å². The van der Waals surface area contributed by atoms with Crippen molar-refractivity contribution in [2.45, 2.75) is 32.0 Å². The Morgan fingerprint density at radius 3 is 2.67 bits per heavy atom. The Kier molecular flexibility index (Phi) is 2.97. The average molecular weight is 191 g/mol. The van der Waals surface area contributed by atoms with Gasteiger partial charge in [-0.3, -0.25) is 4.57 Å². The lowest BCUT2D eigenvalue weighted by Gasteiger charge is -2.32. The molecule has 1 N–H and O–H groups in total. The molecule has 3 nitrogen and oxygen atoms in total. The molecular formula is C8H18NO2P. The summed E-state index contributed by atoms with van der Waals surface area (Å²) in [5.74, 6) is 0. The predicted octanol–water partition coefficient (Wildman–Crippen LogP) is 2.03. The summed E-state index contributed by atoms with van der Waals surface area (Å²) < 4.78 is 17.4. The quantitative estimate of drug-likeness (QED) is 0.693. The Bertz CT molecular complexity index is 191. The van der Waals surface area contributed by atoms with Crippen LogP contribution in [0.1, 0.15) is 26.7 Å². The van der Waals surface area contributed by atoms with Crippen molar-refractivity contribution in [3.8, 4) is 0 Å². The van der Waals surface area contributed by atoms with Crippen molar-refractivity contribution in [3.05, 3.63) is 0 Å². The first-order chi connectivity index (χ1) is 5.58. The van der Waals surface area contributed by atoms with Gasteiger partial charge in [-0.25, -0.2) is 0 Å². The predicted molar refractivity (Wildman–Crippen MR) is 50.8 cm³/mol. The van der Waals surface area contributed by atoms with E-state index in [1.807, 2.05) is 13.8 Å². The van der Waals surface area contributed by atoms with E-state index in [0.717, 1.165) is 19.4 Å². The second-order valence-electron chi connectivity index (χ2n) is 3.48. The van der Waals surface area contributed by atoms with Crippen molar-refractivity contribution >= 4 is 7.37 Å². The fourth-order valence-electron chi connectivity index (χ4n) is 1.85. The molecule has 12 heavy (non-hydrogen) atoms. The highest BCUT2D eigenvalue weighted by Gasteiger charge is 2.45. The van der Waals surface area contributed by atoms with E-state index in [1.54, 1.807) is 7.11 Å². The van der Waals surface area contributed by atoms with Crippen LogP contribution in [0.15, 0.2) is 0 Å². The van der Waals surface area contributed by atoms with Gasteiger partial charge in [-0.05, 0) is 26.3 Å². The Hall–Kier alpha value is 0.150. The topological polar surface area (TPSA) is 38.3 Å². The molecule has 2 atom stereocenters. The van der Waals surface area contributed by atoms with Gasteiger partial charge in [-0.2, -0.15) is 0 Å². The van der Waals surface area contributed by atoms with Crippen molar-refractivity contribution in [3.63, 3.8) is 0 Å². The summed E-state index contributed by atoms with van der Waals surface area (Å²) >= 11 is 0. The van der Waals surface area contributed by atoms with Gasteiger partial charge < -0.3 is 9.84 Å². The first-order valence-electron chi connectivity index (χ1n) is 4.48. The lowest BCUT2D eigenvalue weighted by molar-refractivity contribution is 0.352. The highest BCUT2D eigenvalue weighted by molar-refractivity contribution is 7.60. The van der Waals surface area contributed by atoms with Gasteiger partial charge in [0, 0.05) is 13.3 Å². The smallest absolute Gasteiger partial charge is 0.221 e. The Labute approximate surface area is 74.3 Å². The molecule has 0 radical (unpaired) electrons. The van der Waals surface area contributed by atoms with Gasteiger partial charge in [0.1, 0.15) is 0 Å². The van der Waals surface area contributed by atoms with E-state index < -0.39 is 7.37 Å². The van der Waals surface area contributed by atoms with Crippen LogP contribution in [0, 0.1) is 0 Å². The molecule has 0 aliphatic carbocycles. The van der Waals surface area contributed by atoms with Gasteiger partial charge in [-0.15, -0.1) is 0 Å². The maximum atomic E-state index is 12.2. The van der Waals surface area contributed by atoms with Crippen LogP contribution < -0.4 is 5.32 Å². The number of rotatable bonds is 3. The molecule has 1 aliphatic heterocycles. The Morgan fingerprint density at radius 2 is 2.33 bits per heavy atom. The lowest BCUT2D eigenvalue weighted by atomic mass is 10.2. The van der Waals surface area contributed by atoms with E-state index in [1.165, 1.54) is 0 Å². The zero-order chi connectivity index (χ0) is 9.24. The summed E-state index contributed by atoms with van der Waals surface area (Å²) in [6, 6.07) is 0. The van der Waals surface area contributed by atoms with Crippen LogP contribution in [-0.2, 0) is 9.09 Å². The summed E-state index contributed by atoms with van der Waals surface area (Å²) in [7, 11) is -0.901. The Morgan fingerprint density at radius 1 is 1.67 bits per heavy atom. The normalized spacial score (nSPS) is 34.9. The summed E-state index contributed by atoms with van der Waals surface area (Å²) in [5, 5.41) is 3.02. The molecule has 0 spiro atoms. The minimum absolute atomic E-state index is 0.267. The zero-order valence-electron chi connectivity index (χ0n) is 8.09. The molecule has 72 valence electrons. The van der Waals surface area contributed by atoms with Crippen molar-refractivity contribution < 1.29 is 9.09 Å². The monoisotopic (exact) mass is 191 g/mol. The third kappa shape index (κ3) is 1.46. The third-order valence-electron chi connectivity index (χ3n) is 2.81. The highest BCUT2D eigenvalue weighted by Crippen LogP contribution is 2.59. The van der Waals surface area contributed by atoms with Gasteiger partial charge in [0.25, 0.3) is 0 Å². The van der Waals surface area contributed by atoms with Crippen molar-refractivity contribution in [2.24, 2.45) is 0 Å². The molecule has 0 amide bonds. The molecule has 0 aromatic rings. The number of nitrogens with one attached hydrogen (secondary N) is 1. The first kappa shape index (κ1) is 10.2. The molecule has 1 rings (SSSR count). The van der Waals surface area contributed by atoms with E-state index in [-0.39, 0.29) is 5.28 Å². The summed E-state index contributed by atoms with van der Waals surface area (Å²) in [5.41, 5.74) is 0. The van der Waals surface area contributed by atoms with Crippen LogP contribution in [0.2, 0.25) is 0 Å². The number of hydrogen-bond donors (Lipinski definition) is 1. The number of hydrogen-bond acceptors (Lipinski definition) is 3. The summed E-state index contributed by atoms with van der Waals surface area (Å²) in [4.78, 5) is 0. The second kappa shape index (κ2) is 3.49. The fraction of sp³-hybridized carbons (Fsp3) is 1.00. The van der Waals surface area contributed by atoms with E-state index in [0.29, 0.717) is 6.16 Å². The molecule has 2 unspecified atom stereocenters. The lowest BCUT2D eigenvalue weighted by Crippen LogP contribution is -2.37. The third-order valence-corrected chi connectivity index (χ3v) is 6.12. The Balaban J connectivity index is 2.83. The van der Waals surface area contributed by atoms with Crippen LogP contribution in [0.4, 0.5) is 0 Å². The van der Waals surface area contributed by atoms with Crippen LogP contribution in [0.5, 0.6) is 0 Å². The van der Waals surface area contributed by atoms with Crippen LogP contribution >= 0.6 is 7.37 Å². The summed E-state index contributed by atoms with van der Waals surface area (Å²) in [6.45, 7) is 4.90. The molecule has 1 aliphatic rings. The molecule has 1 saturated heterocycles. The van der Waals surface area contributed by atoms with Crippen molar-refractivity contribution in [1.82, 2.24) is 5.32 Å². The molecule has 0 saturated carbocycles. The van der Waals surface area contributed by atoms with Gasteiger partial charge in [-0.1, -0.05) is 6.92 Å². The van der Waals surface area contributed by atoms with Gasteiger partial charge in [0.15, 0.2) is 0 Å². The molecule has 0 aromatic heterocycles. The second-order valence-corrected chi connectivity index (χ2v) is 6.81.